The lowest BCUT2D eigenvalue weighted by molar-refractivity contribution is 0.281. The van der Waals surface area contributed by atoms with Crippen LogP contribution in [0.1, 0.15) is 0 Å². The molecule has 2 aromatic carbocycles. The van der Waals surface area contributed by atoms with Gasteiger partial charge in [0.1, 0.15) is 5.75 Å². The molecule has 5 nitrogen and oxygen atoms in total. The highest BCUT2D eigenvalue weighted by Crippen LogP contribution is 2.32. The highest BCUT2D eigenvalue weighted by molar-refractivity contribution is 5.80. The molecule has 0 atom stereocenters. The number of nitrogen functional groups attached to an aromatic ring is 1. The molecule has 0 aliphatic rings. The van der Waals surface area contributed by atoms with Gasteiger partial charge in [-0.15, -0.1) is 0 Å². The van der Waals surface area contributed by atoms with Crippen molar-refractivity contribution in [1.82, 2.24) is 0 Å². The Bertz CT molecular complexity index is 611. The number of aliphatic hydroxyl groups excluding tert-OH is 2. The third-order valence-electron chi connectivity index (χ3n) is 3.52. The largest absolute Gasteiger partial charge is 0.497 e. The molecule has 2 rings (SSSR count). The van der Waals surface area contributed by atoms with E-state index < -0.39 is 0 Å². The zero-order chi connectivity index (χ0) is 15.9. The van der Waals surface area contributed by atoms with Crippen LogP contribution in [0, 0.1) is 0 Å². The normalized spacial score (nSPS) is 10.5. The van der Waals surface area contributed by atoms with E-state index in [1.165, 1.54) is 0 Å². The van der Waals surface area contributed by atoms with Gasteiger partial charge in [-0.2, -0.15) is 0 Å². The average molecular weight is 302 g/mol. The van der Waals surface area contributed by atoms with E-state index in [2.05, 4.69) is 0 Å². The van der Waals surface area contributed by atoms with Crippen molar-refractivity contribution < 1.29 is 14.9 Å². The number of aliphatic hydroxyl groups is 2. The maximum atomic E-state index is 9.17. The fourth-order valence-electron chi connectivity index (χ4n) is 2.39. The standard InChI is InChI=1S/C17H22N2O3/c1-22-15-4-2-3-13(11-15)16-12-14(5-6-17(16)18)19(7-9-20)8-10-21/h2-6,11-12,20-21H,7-10,18H2,1H3. The molecular formula is C17H22N2O3. The van der Waals surface area contributed by atoms with Crippen molar-refractivity contribution in [3.05, 3.63) is 42.5 Å². The van der Waals surface area contributed by atoms with Crippen molar-refractivity contribution in [3.8, 4) is 16.9 Å². The van der Waals surface area contributed by atoms with Gasteiger partial charge in [0.15, 0.2) is 0 Å². The maximum absolute atomic E-state index is 9.17. The molecule has 4 N–H and O–H groups in total. The van der Waals surface area contributed by atoms with Gasteiger partial charge in [0.05, 0.1) is 20.3 Å². The van der Waals surface area contributed by atoms with E-state index in [0.717, 1.165) is 22.6 Å². The third-order valence-corrected chi connectivity index (χ3v) is 3.52. The second kappa shape index (κ2) is 7.68. The summed E-state index contributed by atoms with van der Waals surface area (Å²) in [7, 11) is 1.63. The van der Waals surface area contributed by atoms with Crippen molar-refractivity contribution in [2.75, 3.05) is 44.0 Å². The number of anilines is 2. The van der Waals surface area contributed by atoms with Crippen molar-refractivity contribution in [2.45, 2.75) is 0 Å². The zero-order valence-corrected chi connectivity index (χ0v) is 12.7. The van der Waals surface area contributed by atoms with Gasteiger partial charge in [0.25, 0.3) is 0 Å². The van der Waals surface area contributed by atoms with Crippen LogP contribution in [0.15, 0.2) is 42.5 Å². The minimum atomic E-state index is 0.0267. The van der Waals surface area contributed by atoms with E-state index in [9.17, 15) is 0 Å². The number of nitrogens with zero attached hydrogens (tertiary/aromatic N) is 1. The van der Waals surface area contributed by atoms with Crippen LogP contribution in [0.25, 0.3) is 11.1 Å². The van der Waals surface area contributed by atoms with Crippen molar-refractivity contribution in [1.29, 1.82) is 0 Å². The van der Waals surface area contributed by atoms with Gasteiger partial charge in [0, 0.05) is 30.0 Å². The lowest BCUT2D eigenvalue weighted by atomic mass is 10.0. The summed E-state index contributed by atoms with van der Waals surface area (Å²) in [5.74, 6) is 0.768. The van der Waals surface area contributed by atoms with Gasteiger partial charge >= 0.3 is 0 Å². The van der Waals surface area contributed by atoms with E-state index in [1.807, 2.05) is 47.4 Å². The Balaban J connectivity index is 2.40. The van der Waals surface area contributed by atoms with Gasteiger partial charge in [-0.25, -0.2) is 0 Å². The molecular weight excluding hydrogens is 280 g/mol. The Labute approximate surface area is 130 Å². The number of rotatable bonds is 7. The molecule has 0 bridgehead atoms. The summed E-state index contributed by atoms with van der Waals surface area (Å²) in [5.41, 5.74) is 9.55. The fourth-order valence-corrected chi connectivity index (χ4v) is 2.39. The molecule has 0 aliphatic carbocycles. The molecule has 0 heterocycles. The Hall–Kier alpha value is -2.24. The van der Waals surface area contributed by atoms with Crippen LogP contribution in [-0.2, 0) is 0 Å². The van der Waals surface area contributed by atoms with Crippen LogP contribution in [0.4, 0.5) is 11.4 Å². The molecule has 5 heteroatoms. The lowest BCUT2D eigenvalue weighted by Gasteiger charge is -2.24. The molecule has 0 spiro atoms. The van der Waals surface area contributed by atoms with Crippen molar-refractivity contribution in [3.63, 3.8) is 0 Å². The molecule has 0 unspecified atom stereocenters. The molecule has 0 amide bonds. The van der Waals surface area contributed by atoms with Crippen LogP contribution < -0.4 is 15.4 Å². The van der Waals surface area contributed by atoms with Crippen LogP contribution >= 0.6 is 0 Å². The molecule has 22 heavy (non-hydrogen) atoms. The summed E-state index contributed by atoms with van der Waals surface area (Å²) in [6.07, 6.45) is 0. The number of hydrogen-bond acceptors (Lipinski definition) is 5. The molecule has 0 saturated heterocycles. The summed E-state index contributed by atoms with van der Waals surface area (Å²) in [6.45, 7) is 0.974. The Morgan fingerprint density at radius 1 is 1.05 bits per heavy atom. The van der Waals surface area contributed by atoms with E-state index in [4.69, 9.17) is 20.7 Å². The second-order valence-corrected chi connectivity index (χ2v) is 4.94. The summed E-state index contributed by atoms with van der Waals surface area (Å²) >= 11 is 0. The molecule has 118 valence electrons. The first kappa shape index (κ1) is 16.1. The van der Waals surface area contributed by atoms with Crippen molar-refractivity contribution in [2.24, 2.45) is 0 Å². The highest BCUT2D eigenvalue weighted by Gasteiger charge is 2.10. The number of benzene rings is 2. The molecule has 0 aromatic heterocycles. The van der Waals surface area contributed by atoms with Crippen LogP contribution in [-0.4, -0.2) is 43.6 Å². The second-order valence-electron chi connectivity index (χ2n) is 4.94. The number of ether oxygens (including phenoxy) is 1. The first-order valence-corrected chi connectivity index (χ1v) is 7.20. The van der Waals surface area contributed by atoms with Gasteiger partial charge in [-0.05, 0) is 35.9 Å². The molecule has 0 radical (unpaired) electrons. The summed E-state index contributed by atoms with van der Waals surface area (Å²) < 4.78 is 5.25. The van der Waals surface area contributed by atoms with Crippen LogP contribution in [0.2, 0.25) is 0 Å². The van der Waals surface area contributed by atoms with Gasteiger partial charge in [-0.1, -0.05) is 12.1 Å². The number of hydrogen-bond donors (Lipinski definition) is 3. The van der Waals surface area contributed by atoms with E-state index in [0.29, 0.717) is 18.8 Å². The molecule has 0 fully saturated rings. The minimum absolute atomic E-state index is 0.0267. The first-order valence-electron chi connectivity index (χ1n) is 7.20. The Morgan fingerprint density at radius 3 is 2.41 bits per heavy atom. The summed E-state index contributed by atoms with van der Waals surface area (Å²) in [5, 5.41) is 18.3. The van der Waals surface area contributed by atoms with Gasteiger partial charge < -0.3 is 25.6 Å². The Morgan fingerprint density at radius 2 is 1.77 bits per heavy atom. The van der Waals surface area contributed by atoms with Crippen LogP contribution in [0.5, 0.6) is 5.75 Å². The quantitative estimate of drug-likeness (QED) is 0.679. The number of nitrogens with two attached hydrogens (primary N) is 1. The predicted octanol–water partition coefficient (Wildman–Crippen LogP) is 1.74. The van der Waals surface area contributed by atoms with Crippen molar-refractivity contribution >= 4 is 11.4 Å². The van der Waals surface area contributed by atoms with E-state index in [1.54, 1.807) is 7.11 Å². The van der Waals surface area contributed by atoms with E-state index >= 15 is 0 Å². The lowest BCUT2D eigenvalue weighted by Crippen LogP contribution is -2.29. The van der Waals surface area contributed by atoms with Gasteiger partial charge in [-0.3, -0.25) is 0 Å². The van der Waals surface area contributed by atoms with Crippen LogP contribution in [0.3, 0.4) is 0 Å². The molecule has 0 aliphatic heterocycles. The maximum Gasteiger partial charge on any atom is 0.119 e. The number of methoxy groups -OCH3 is 1. The average Bonchev–Trinajstić information content (AvgIpc) is 2.55. The summed E-state index contributed by atoms with van der Waals surface area (Å²) in [6, 6.07) is 13.4. The highest BCUT2D eigenvalue weighted by atomic mass is 16.5. The SMILES string of the molecule is COc1cccc(-c2cc(N(CCO)CCO)ccc2N)c1. The fraction of sp³-hybridized carbons (Fsp3) is 0.294. The Kier molecular flexibility index (Phi) is 5.63. The summed E-state index contributed by atoms with van der Waals surface area (Å²) in [4.78, 5) is 1.92. The smallest absolute Gasteiger partial charge is 0.119 e. The minimum Gasteiger partial charge on any atom is -0.497 e. The third kappa shape index (κ3) is 3.69. The predicted molar refractivity (Wildman–Crippen MR) is 89.2 cm³/mol. The zero-order valence-electron chi connectivity index (χ0n) is 12.7. The van der Waals surface area contributed by atoms with Gasteiger partial charge in [0.2, 0.25) is 0 Å². The first-order chi connectivity index (χ1) is 10.7. The van der Waals surface area contributed by atoms with E-state index in [-0.39, 0.29) is 13.2 Å². The molecule has 0 saturated carbocycles. The topological polar surface area (TPSA) is 79.0 Å². The monoisotopic (exact) mass is 302 g/mol. The molecule has 2 aromatic rings.